The molecule has 0 saturated carbocycles. The number of ketones is 1. The summed E-state index contributed by atoms with van der Waals surface area (Å²) in [6.45, 7) is 9.98. The van der Waals surface area contributed by atoms with Gasteiger partial charge in [-0.05, 0) is 35.2 Å². The number of Topliss-reactive ketones (excluding diaryl/α,β-unsaturated/α-hetero) is 1. The van der Waals surface area contributed by atoms with Gasteiger partial charge in [0.05, 0.1) is 6.04 Å². The summed E-state index contributed by atoms with van der Waals surface area (Å²) in [5.41, 5.74) is 6.98. The molecule has 0 fully saturated rings. The molecule has 1 aromatic heterocycles. The summed E-state index contributed by atoms with van der Waals surface area (Å²) in [7, 11) is 0. The molecule has 0 radical (unpaired) electrons. The number of thiophene rings is 1. The third-order valence-corrected chi connectivity index (χ3v) is 4.90. The Balaban J connectivity index is 0.00000141. The van der Waals surface area contributed by atoms with Gasteiger partial charge >= 0.3 is 0 Å². The molecule has 0 aliphatic heterocycles. The molecule has 2 nitrogen and oxygen atoms in total. The fourth-order valence-electron chi connectivity index (χ4n) is 2.20. The first-order valence-corrected chi connectivity index (χ1v) is 8.58. The minimum Gasteiger partial charge on any atom is -0.321 e. The molecule has 0 spiro atoms. The van der Waals surface area contributed by atoms with Crippen molar-refractivity contribution < 1.29 is 6.22 Å². The molecule has 2 N–H and O–H groups in total. The van der Waals surface area contributed by atoms with Gasteiger partial charge in [-0.25, -0.2) is 0 Å². The standard InChI is InChI=1S/C16H21NOS.C2H6.H2/c1-4-16(2,3)15(18)13(17)9-11-10-19-14-8-6-5-7-12(11)14;1-2;/h5-8,10,13H,4,9,17H2,1-3H3;1-2H3;1H. The second-order valence-electron chi connectivity index (χ2n) is 5.67. The Morgan fingerprint density at radius 3 is 2.57 bits per heavy atom. The lowest BCUT2D eigenvalue weighted by Gasteiger charge is -2.24. The maximum absolute atomic E-state index is 12.3. The zero-order valence-electron chi connectivity index (χ0n) is 13.8. The smallest absolute Gasteiger partial charge is 0.155 e. The highest BCUT2D eigenvalue weighted by Crippen LogP contribution is 2.28. The van der Waals surface area contributed by atoms with E-state index in [-0.39, 0.29) is 12.6 Å². The fraction of sp³-hybridized carbons (Fsp3) is 0.500. The number of carbonyl (C=O) groups is 1. The van der Waals surface area contributed by atoms with Crippen molar-refractivity contribution >= 4 is 27.2 Å². The second-order valence-corrected chi connectivity index (χ2v) is 6.58. The molecule has 3 heteroatoms. The van der Waals surface area contributed by atoms with Gasteiger partial charge in [0.25, 0.3) is 0 Å². The Morgan fingerprint density at radius 1 is 1.33 bits per heavy atom. The molecule has 1 unspecified atom stereocenters. The van der Waals surface area contributed by atoms with Crippen molar-refractivity contribution in [2.24, 2.45) is 11.1 Å². The molecule has 1 heterocycles. The van der Waals surface area contributed by atoms with E-state index in [1.807, 2.05) is 46.8 Å². The topological polar surface area (TPSA) is 43.1 Å². The van der Waals surface area contributed by atoms with Gasteiger partial charge in [-0.2, -0.15) is 0 Å². The van der Waals surface area contributed by atoms with E-state index in [9.17, 15) is 4.79 Å². The first-order chi connectivity index (χ1) is 9.95. The summed E-state index contributed by atoms with van der Waals surface area (Å²) in [5.74, 6) is 0.158. The van der Waals surface area contributed by atoms with Crippen LogP contribution in [0.4, 0.5) is 0 Å². The molecule has 2 rings (SSSR count). The summed E-state index contributed by atoms with van der Waals surface area (Å²) >= 11 is 1.71. The lowest BCUT2D eigenvalue weighted by atomic mass is 9.80. The van der Waals surface area contributed by atoms with Crippen LogP contribution >= 0.6 is 11.3 Å². The van der Waals surface area contributed by atoms with Crippen LogP contribution in [0.1, 0.15) is 48.0 Å². The van der Waals surface area contributed by atoms with Crippen molar-refractivity contribution in [3.05, 3.63) is 35.2 Å². The number of hydrogen-bond acceptors (Lipinski definition) is 3. The molecule has 1 atom stereocenters. The minimum absolute atomic E-state index is 0. The molecule has 0 bridgehead atoms. The van der Waals surface area contributed by atoms with Crippen molar-refractivity contribution in [2.45, 2.75) is 53.5 Å². The number of fused-ring (bicyclic) bond motifs is 1. The largest absolute Gasteiger partial charge is 0.321 e. The van der Waals surface area contributed by atoms with E-state index in [1.54, 1.807) is 11.3 Å². The Hall–Kier alpha value is -1.19. The summed E-state index contributed by atoms with van der Waals surface area (Å²) in [4.78, 5) is 12.3. The highest BCUT2D eigenvalue weighted by Gasteiger charge is 2.30. The first kappa shape index (κ1) is 17.9. The van der Waals surface area contributed by atoms with E-state index in [2.05, 4.69) is 17.5 Å². The monoisotopic (exact) mass is 307 g/mol. The van der Waals surface area contributed by atoms with Crippen LogP contribution in [0.3, 0.4) is 0 Å². The number of rotatable bonds is 5. The zero-order chi connectivity index (χ0) is 16.0. The predicted molar refractivity (Wildman–Crippen MR) is 96.0 cm³/mol. The summed E-state index contributed by atoms with van der Waals surface area (Å²) in [5, 5.41) is 3.35. The maximum atomic E-state index is 12.3. The first-order valence-electron chi connectivity index (χ1n) is 7.70. The number of hydrogen-bond donors (Lipinski definition) is 1. The average molecular weight is 308 g/mol. The lowest BCUT2D eigenvalue weighted by Crippen LogP contribution is -2.41. The fourth-order valence-corrected chi connectivity index (χ4v) is 3.17. The van der Waals surface area contributed by atoms with Crippen LogP contribution in [0.2, 0.25) is 0 Å². The van der Waals surface area contributed by atoms with E-state index in [0.29, 0.717) is 6.42 Å². The molecule has 2 aromatic rings. The predicted octanol–water partition coefficient (Wildman–Crippen LogP) is 5.05. The van der Waals surface area contributed by atoms with Crippen LogP contribution in [-0.4, -0.2) is 11.8 Å². The Morgan fingerprint density at radius 2 is 1.95 bits per heavy atom. The highest BCUT2D eigenvalue weighted by molar-refractivity contribution is 7.17. The third-order valence-electron chi connectivity index (χ3n) is 3.89. The van der Waals surface area contributed by atoms with Crippen LogP contribution in [-0.2, 0) is 11.2 Å². The maximum Gasteiger partial charge on any atom is 0.155 e. The SMILES string of the molecule is CC.CCC(C)(C)C(=O)C(N)Cc1csc2ccccc12.[HH]. The van der Waals surface area contributed by atoms with Gasteiger partial charge in [0.1, 0.15) is 0 Å². The summed E-state index contributed by atoms with van der Waals surface area (Å²) < 4.78 is 1.26. The van der Waals surface area contributed by atoms with Gasteiger partial charge in [-0.1, -0.05) is 52.8 Å². The molecule has 1 aromatic carbocycles. The van der Waals surface area contributed by atoms with Crippen LogP contribution in [0, 0.1) is 5.41 Å². The molecule has 21 heavy (non-hydrogen) atoms. The van der Waals surface area contributed by atoms with E-state index in [1.165, 1.54) is 15.6 Å². The number of carbonyl (C=O) groups excluding carboxylic acids is 1. The molecular weight excluding hydrogens is 278 g/mol. The third kappa shape index (κ3) is 4.14. The molecule has 0 amide bonds. The molecule has 0 aliphatic rings. The van der Waals surface area contributed by atoms with Crippen molar-refractivity contribution in [1.82, 2.24) is 0 Å². The molecule has 118 valence electrons. The van der Waals surface area contributed by atoms with Crippen molar-refractivity contribution in [3.63, 3.8) is 0 Å². The van der Waals surface area contributed by atoms with Gasteiger partial charge in [-0.15, -0.1) is 11.3 Å². The van der Waals surface area contributed by atoms with Gasteiger partial charge < -0.3 is 5.73 Å². The van der Waals surface area contributed by atoms with Crippen molar-refractivity contribution in [3.8, 4) is 0 Å². The minimum atomic E-state index is -0.409. The molecule has 0 aliphatic carbocycles. The van der Waals surface area contributed by atoms with Crippen molar-refractivity contribution in [1.29, 1.82) is 0 Å². The number of nitrogens with two attached hydrogens (primary N) is 1. The van der Waals surface area contributed by atoms with Gasteiger partial charge in [-0.3, -0.25) is 4.79 Å². The number of benzene rings is 1. The Kier molecular flexibility index (Phi) is 6.56. The lowest BCUT2D eigenvalue weighted by molar-refractivity contribution is -0.128. The van der Waals surface area contributed by atoms with E-state index in [4.69, 9.17) is 5.73 Å². The van der Waals surface area contributed by atoms with E-state index < -0.39 is 6.04 Å². The summed E-state index contributed by atoms with van der Waals surface area (Å²) in [6, 6.07) is 7.86. The molecule has 0 saturated heterocycles. The Labute approximate surface area is 133 Å². The van der Waals surface area contributed by atoms with Crippen LogP contribution in [0.15, 0.2) is 29.6 Å². The van der Waals surface area contributed by atoms with Crippen LogP contribution in [0.5, 0.6) is 0 Å². The van der Waals surface area contributed by atoms with Gasteiger partial charge in [0.15, 0.2) is 5.78 Å². The van der Waals surface area contributed by atoms with E-state index >= 15 is 0 Å². The van der Waals surface area contributed by atoms with Crippen LogP contribution in [0.25, 0.3) is 10.1 Å². The van der Waals surface area contributed by atoms with Gasteiger partial charge in [0, 0.05) is 11.5 Å². The normalized spacial score (nSPS) is 12.7. The highest BCUT2D eigenvalue weighted by atomic mass is 32.1. The van der Waals surface area contributed by atoms with Crippen molar-refractivity contribution in [2.75, 3.05) is 0 Å². The second kappa shape index (κ2) is 7.71. The average Bonchev–Trinajstić information content (AvgIpc) is 2.91. The quantitative estimate of drug-likeness (QED) is 0.840. The van der Waals surface area contributed by atoms with Gasteiger partial charge in [0.2, 0.25) is 0 Å². The summed E-state index contributed by atoms with van der Waals surface area (Å²) in [6.07, 6.45) is 1.45. The molecular formula is C18H29NOS. The van der Waals surface area contributed by atoms with Crippen LogP contribution < -0.4 is 5.73 Å². The Bertz CT molecular complexity index is 592. The van der Waals surface area contributed by atoms with E-state index in [0.717, 1.165) is 6.42 Å². The zero-order valence-corrected chi connectivity index (χ0v) is 14.6.